The number of nitrogens with one attached hydrogen (secondary N) is 1. The highest BCUT2D eigenvalue weighted by atomic mass is 32.1. The van der Waals surface area contributed by atoms with Gasteiger partial charge in [0.05, 0.1) is 0 Å². The number of hydrogen-bond acceptors (Lipinski definition) is 4. The standard InChI is InChI=1S/C13H13N3O3S/c14-13(20)8-2-1-3-9(6-8)15-10(17)7-16-11(18)4-5-12(16)19/h1-3,6H,4-5,7H2,(H2,14,20)(H,15,17). The van der Waals surface area contributed by atoms with Gasteiger partial charge in [0.25, 0.3) is 0 Å². The first kappa shape index (κ1) is 14.1. The quantitative estimate of drug-likeness (QED) is 0.619. The molecule has 1 heterocycles. The zero-order valence-electron chi connectivity index (χ0n) is 10.6. The number of amides is 3. The molecule has 3 amide bonds. The molecule has 7 heteroatoms. The van der Waals surface area contributed by atoms with Crippen LogP contribution >= 0.6 is 12.2 Å². The van der Waals surface area contributed by atoms with E-state index in [4.69, 9.17) is 18.0 Å². The van der Waals surface area contributed by atoms with Crippen LogP contribution in [0.3, 0.4) is 0 Å². The maximum Gasteiger partial charge on any atom is 0.244 e. The lowest BCUT2D eigenvalue weighted by Crippen LogP contribution is -2.36. The summed E-state index contributed by atoms with van der Waals surface area (Å²) >= 11 is 4.85. The lowest BCUT2D eigenvalue weighted by Gasteiger charge is -2.13. The number of anilines is 1. The Morgan fingerprint density at radius 1 is 1.30 bits per heavy atom. The van der Waals surface area contributed by atoms with E-state index in [0.29, 0.717) is 11.3 Å². The fourth-order valence-corrected chi connectivity index (χ4v) is 2.02. The summed E-state index contributed by atoms with van der Waals surface area (Å²) in [6.45, 7) is -0.269. The molecule has 1 aromatic rings. The van der Waals surface area contributed by atoms with Gasteiger partial charge in [-0.3, -0.25) is 19.3 Å². The average molecular weight is 291 g/mol. The van der Waals surface area contributed by atoms with Crippen molar-refractivity contribution >= 4 is 40.6 Å². The topological polar surface area (TPSA) is 92.5 Å². The number of likely N-dealkylation sites (tertiary alicyclic amines) is 1. The maximum absolute atomic E-state index is 11.8. The summed E-state index contributed by atoms with van der Waals surface area (Å²) in [6.07, 6.45) is 0.339. The lowest BCUT2D eigenvalue weighted by atomic mass is 10.2. The molecular formula is C13H13N3O3S. The van der Waals surface area contributed by atoms with Crippen LogP contribution in [0.25, 0.3) is 0 Å². The number of carbonyl (C=O) groups is 3. The Bertz CT molecular complexity index is 584. The Kier molecular flexibility index (Phi) is 4.09. The van der Waals surface area contributed by atoms with Crippen molar-refractivity contribution in [3.05, 3.63) is 29.8 Å². The number of rotatable bonds is 4. The second kappa shape index (κ2) is 5.79. The molecule has 0 aromatic heterocycles. The number of thiocarbonyl (C=S) groups is 1. The third-order valence-corrected chi connectivity index (χ3v) is 3.12. The van der Waals surface area contributed by atoms with Crippen LogP contribution in [-0.4, -0.2) is 34.2 Å². The van der Waals surface area contributed by atoms with E-state index in [2.05, 4.69) is 5.32 Å². The molecule has 0 saturated carbocycles. The number of imide groups is 1. The fraction of sp³-hybridized carbons (Fsp3) is 0.231. The maximum atomic E-state index is 11.8. The molecular weight excluding hydrogens is 278 g/mol. The molecule has 0 radical (unpaired) electrons. The van der Waals surface area contributed by atoms with Crippen molar-refractivity contribution in [1.29, 1.82) is 0 Å². The Morgan fingerprint density at radius 3 is 2.55 bits per heavy atom. The van der Waals surface area contributed by atoms with Crippen molar-refractivity contribution in [2.45, 2.75) is 12.8 Å². The summed E-state index contributed by atoms with van der Waals surface area (Å²) in [7, 11) is 0. The minimum Gasteiger partial charge on any atom is -0.389 e. The largest absolute Gasteiger partial charge is 0.389 e. The van der Waals surface area contributed by atoms with Crippen molar-refractivity contribution in [3.8, 4) is 0 Å². The van der Waals surface area contributed by atoms with E-state index < -0.39 is 5.91 Å². The Hall–Kier alpha value is -2.28. The monoisotopic (exact) mass is 291 g/mol. The summed E-state index contributed by atoms with van der Waals surface area (Å²) in [5, 5.41) is 2.60. The van der Waals surface area contributed by atoms with Gasteiger partial charge < -0.3 is 11.1 Å². The first-order valence-electron chi connectivity index (χ1n) is 6.00. The van der Waals surface area contributed by atoms with Gasteiger partial charge in [-0.05, 0) is 12.1 Å². The van der Waals surface area contributed by atoms with Crippen LogP contribution in [-0.2, 0) is 14.4 Å². The van der Waals surface area contributed by atoms with Crippen LogP contribution < -0.4 is 11.1 Å². The van der Waals surface area contributed by atoms with Crippen LogP contribution in [0.15, 0.2) is 24.3 Å². The van der Waals surface area contributed by atoms with Crippen LogP contribution in [0, 0.1) is 0 Å². The van der Waals surface area contributed by atoms with Crippen molar-refractivity contribution in [3.63, 3.8) is 0 Å². The van der Waals surface area contributed by atoms with Gasteiger partial charge in [0.2, 0.25) is 17.7 Å². The Balaban J connectivity index is 2.01. The molecule has 1 fully saturated rings. The van der Waals surface area contributed by atoms with Gasteiger partial charge in [0, 0.05) is 24.1 Å². The number of nitrogens with two attached hydrogens (primary N) is 1. The van der Waals surface area contributed by atoms with E-state index in [9.17, 15) is 14.4 Å². The van der Waals surface area contributed by atoms with Crippen LogP contribution in [0.4, 0.5) is 5.69 Å². The zero-order chi connectivity index (χ0) is 14.7. The van der Waals surface area contributed by atoms with Gasteiger partial charge in [0.1, 0.15) is 11.5 Å². The molecule has 6 nitrogen and oxygen atoms in total. The third-order valence-electron chi connectivity index (χ3n) is 2.89. The van der Waals surface area contributed by atoms with Crippen molar-refractivity contribution in [2.75, 3.05) is 11.9 Å². The number of nitrogens with zero attached hydrogens (tertiary/aromatic N) is 1. The zero-order valence-corrected chi connectivity index (χ0v) is 11.4. The summed E-state index contributed by atoms with van der Waals surface area (Å²) in [5.74, 6) is -1.07. The number of benzene rings is 1. The predicted molar refractivity (Wildman–Crippen MR) is 76.9 cm³/mol. The SMILES string of the molecule is NC(=S)c1cccc(NC(=O)CN2C(=O)CCC2=O)c1. The molecule has 0 aliphatic carbocycles. The van der Waals surface area contributed by atoms with E-state index in [-0.39, 0.29) is 36.2 Å². The number of carbonyl (C=O) groups excluding carboxylic acids is 3. The third kappa shape index (κ3) is 3.18. The first-order valence-corrected chi connectivity index (χ1v) is 6.41. The van der Waals surface area contributed by atoms with Gasteiger partial charge in [-0.1, -0.05) is 24.4 Å². The molecule has 0 bridgehead atoms. The molecule has 0 atom stereocenters. The van der Waals surface area contributed by atoms with Gasteiger partial charge >= 0.3 is 0 Å². The predicted octanol–water partition coefficient (Wildman–Crippen LogP) is 0.408. The highest BCUT2D eigenvalue weighted by molar-refractivity contribution is 7.80. The molecule has 1 aromatic carbocycles. The molecule has 2 rings (SSSR count). The molecule has 1 saturated heterocycles. The fourth-order valence-electron chi connectivity index (χ4n) is 1.89. The molecule has 3 N–H and O–H groups in total. The molecule has 0 spiro atoms. The number of hydrogen-bond donors (Lipinski definition) is 2. The van der Waals surface area contributed by atoms with E-state index in [1.807, 2.05) is 0 Å². The van der Waals surface area contributed by atoms with Crippen molar-refractivity contribution in [1.82, 2.24) is 4.90 Å². The molecule has 0 unspecified atom stereocenters. The minimum absolute atomic E-state index is 0.170. The van der Waals surface area contributed by atoms with E-state index in [1.165, 1.54) is 0 Å². The summed E-state index contributed by atoms with van der Waals surface area (Å²) < 4.78 is 0. The smallest absolute Gasteiger partial charge is 0.244 e. The van der Waals surface area contributed by atoms with Gasteiger partial charge in [0.15, 0.2) is 0 Å². The van der Waals surface area contributed by atoms with E-state index >= 15 is 0 Å². The normalized spacial score (nSPS) is 14.5. The Morgan fingerprint density at radius 2 is 1.95 bits per heavy atom. The van der Waals surface area contributed by atoms with Gasteiger partial charge in [-0.15, -0.1) is 0 Å². The van der Waals surface area contributed by atoms with Gasteiger partial charge in [-0.2, -0.15) is 0 Å². The minimum atomic E-state index is -0.436. The molecule has 1 aliphatic rings. The molecule has 1 aliphatic heterocycles. The van der Waals surface area contributed by atoms with Crippen LogP contribution in [0.2, 0.25) is 0 Å². The highest BCUT2D eigenvalue weighted by Crippen LogP contribution is 2.13. The van der Waals surface area contributed by atoms with Crippen LogP contribution in [0.5, 0.6) is 0 Å². The van der Waals surface area contributed by atoms with E-state index in [1.54, 1.807) is 24.3 Å². The van der Waals surface area contributed by atoms with Crippen molar-refractivity contribution in [2.24, 2.45) is 5.73 Å². The van der Waals surface area contributed by atoms with Crippen molar-refractivity contribution < 1.29 is 14.4 Å². The second-order valence-corrected chi connectivity index (χ2v) is 4.81. The summed E-state index contributed by atoms with van der Waals surface area (Å²) in [5.41, 5.74) is 6.65. The lowest BCUT2D eigenvalue weighted by molar-refractivity contribution is -0.141. The van der Waals surface area contributed by atoms with Gasteiger partial charge in [-0.25, -0.2) is 0 Å². The second-order valence-electron chi connectivity index (χ2n) is 4.37. The summed E-state index contributed by atoms with van der Waals surface area (Å²) in [4.78, 5) is 35.8. The first-order chi connectivity index (χ1) is 9.47. The highest BCUT2D eigenvalue weighted by Gasteiger charge is 2.30. The van der Waals surface area contributed by atoms with E-state index in [0.717, 1.165) is 4.90 Å². The summed E-state index contributed by atoms with van der Waals surface area (Å²) in [6, 6.07) is 6.74. The molecule has 104 valence electrons. The molecule has 20 heavy (non-hydrogen) atoms. The van der Waals surface area contributed by atoms with Crippen LogP contribution in [0.1, 0.15) is 18.4 Å². The average Bonchev–Trinajstić information content (AvgIpc) is 2.71. The Labute approximate surface area is 120 Å².